The van der Waals surface area contributed by atoms with Crippen molar-refractivity contribution < 1.29 is 14.3 Å². The molecule has 0 radical (unpaired) electrons. The topological polar surface area (TPSA) is 79.8 Å². The van der Waals surface area contributed by atoms with Gasteiger partial charge in [0.25, 0.3) is 0 Å². The Bertz CT molecular complexity index is 843. The highest BCUT2D eigenvalue weighted by Gasteiger charge is 2.19. The third kappa shape index (κ3) is 5.38. The van der Waals surface area contributed by atoms with Gasteiger partial charge in [0.2, 0.25) is 5.95 Å². The van der Waals surface area contributed by atoms with E-state index in [1.54, 1.807) is 14.0 Å². The van der Waals surface area contributed by atoms with E-state index in [-0.39, 0.29) is 5.97 Å². The van der Waals surface area contributed by atoms with Crippen molar-refractivity contribution in [3.63, 3.8) is 0 Å². The van der Waals surface area contributed by atoms with Crippen LogP contribution in [0.1, 0.15) is 28.7 Å². The van der Waals surface area contributed by atoms with Crippen molar-refractivity contribution in [1.29, 1.82) is 0 Å². The van der Waals surface area contributed by atoms with E-state index >= 15 is 0 Å². The first-order valence-corrected chi connectivity index (χ1v) is 10.4. The van der Waals surface area contributed by atoms with Gasteiger partial charge in [0.05, 0.1) is 25.1 Å². The fourth-order valence-corrected chi connectivity index (χ4v) is 3.66. The summed E-state index contributed by atoms with van der Waals surface area (Å²) in [6.07, 6.45) is 0. The zero-order chi connectivity index (χ0) is 21.5. The van der Waals surface area contributed by atoms with Crippen molar-refractivity contribution in [2.75, 3.05) is 63.2 Å². The van der Waals surface area contributed by atoms with E-state index in [4.69, 9.17) is 9.47 Å². The fraction of sp³-hybridized carbons (Fsp3) is 0.500. The lowest BCUT2D eigenvalue weighted by Crippen LogP contribution is -2.47. The first-order valence-electron chi connectivity index (χ1n) is 10.4. The highest BCUT2D eigenvalue weighted by Crippen LogP contribution is 2.22. The minimum Gasteiger partial charge on any atom is -0.497 e. The first kappa shape index (κ1) is 21.8. The summed E-state index contributed by atoms with van der Waals surface area (Å²) in [5.41, 5.74) is 2.93. The second-order valence-corrected chi connectivity index (χ2v) is 7.27. The molecular formula is C22H31N5O3. The summed E-state index contributed by atoms with van der Waals surface area (Å²) in [6, 6.07) is 8.21. The molecule has 2 heterocycles. The number of carbonyl (C=O) groups is 1. The third-order valence-electron chi connectivity index (χ3n) is 5.25. The quantitative estimate of drug-likeness (QED) is 0.662. The van der Waals surface area contributed by atoms with Crippen LogP contribution in [0, 0.1) is 13.8 Å². The van der Waals surface area contributed by atoms with E-state index in [2.05, 4.69) is 37.2 Å². The molecule has 0 bridgehead atoms. The highest BCUT2D eigenvalue weighted by molar-refractivity contribution is 5.91. The average Bonchev–Trinajstić information content (AvgIpc) is 2.74. The number of rotatable bonds is 8. The minimum atomic E-state index is -0.368. The highest BCUT2D eigenvalue weighted by atomic mass is 16.5. The number of carbonyl (C=O) groups excluding carboxylic acids is 1. The predicted octanol–water partition coefficient (Wildman–Crippen LogP) is 2.51. The number of aryl methyl sites for hydroxylation is 2. The van der Waals surface area contributed by atoms with Gasteiger partial charge in [-0.3, -0.25) is 4.90 Å². The van der Waals surface area contributed by atoms with Crippen molar-refractivity contribution in [2.24, 2.45) is 0 Å². The van der Waals surface area contributed by atoms with E-state index in [9.17, 15) is 4.79 Å². The minimum absolute atomic E-state index is 0.336. The molecule has 8 nitrogen and oxygen atoms in total. The zero-order valence-electron chi connectivity index (χ0n) is 18.3. The fourth-order valence-electron chi connectivity index (χ4n) is 3.66. The normalized spacial score (nSPS) is 14.5. The number of benzene rings is 1. The summed E-state index contributed by atoms with van der Waals surface area (Å²) < 4.78 is 10.4. The SMILES string of the molecule is CCOC(=O)c1c(C)nc(NCCN2CCN(c3cccc(OC)c3)CC2)nc1C. The van der Waals surface area contributed by atoms with Crippen molar-refractivity contribution >= 4 is 17.6 Å². The predicted molar refractivity (Wildman–Crippen MR) is 118 cm³/mol. The molecule has 1 aliphatic heterocycles. The molecule has 0 spiro atoms. The molecule has 30 heavy (non-hydrogen) atoms. The van der Waals surface area contributed by atoms with Crippen LogP contribution in [0.25, 0.3) is 0 Å². The van der Waals surface area contributed by atoms with E-state index in [0.717, 1.165) is 45.0 Å². The first-order chi connectivity index (χ1) is 14.5. The van der Waals surface area contributed by atoms with Crippen LogP contribution in [0.4, 0.5) is 11.6 Å². The lowest BCUT2D eigenvalue weighted by Gasteiger charge is -2.36. The van der Waals surface area contributed by atoms with E-state index in [1.807, 2.05) is 26.0 Å². The molecule has 1 saturated heterocycles. The van der Waals surface area contributed by atoms with Gasteiger partial charge in [-0.2, -0.15) is 0 Å². The number of hydrogen-bond donors (Lipinski definition) is 1. The molecule has 0 unspecified atom stereocenters. The Morgan fingerprint density at radius 3 is 2.47 bits per heavy atom. The Balaban J connectivity index is 1.48. The van der Waals surface area contributed by atoms with Crippen molar-refractivity contribution in [3.8, 4) is 5.75 Å². The molecule has 1 N–H and O–H groups in total. The number of nitrogens with one attached hydrogen (secondary N) is 1. The molecule has 0 amide bonds. The Labute approximate surface area is 178 Å². The Morgan fingerprint density at radius 2 is 1.83 bits per heavy atom. The number of hydrogen-bond acceptors (Lipinski definition) is 8. The number of esters is 1. The Hall–Kier alpha value is -2.87. The van der Waals surface area contributed by atoms with E-state index in [0.29, 0.717) is 29.5 Å². The van der Waals surface area contributed by atoms with Crippen LogP contribution in [-0.4, -0.2) is 73.8 Å². The monoisotopic (exact) mass is 413 g/mol. The number of methoxy groups -OCH3 is 1. The van der Waals surface area contributed by atoms with Crippen LogP contribution in [-0.2, 0) is 4.74 Å². The molecule has 0 atom stereocenters. The van der Waals surface area contributed by atoms with E-state index < -0.39 is 0 Å². The summed E-state index contributed by atoms with van der Waals surface area (Å²) in [5, 5.41) is 3.28. The van der Waals surface area contributed by atoms with Gasteiger partial charge >= 0.3 is 5.97 Å². The van der Waals surface area contributed by atoms with Crippen LogP contribution in [0.2, 0.25) is 0 Å². The van der Waals surface area contributed by atoms with Crippen LogP contribution in [0.5, 0.6) is 5.75 Å². The van der Waals surface area contributed by atoms with E-state index in [1.165, 1.54) is 5.69 Å². The molecular weight excluding hydrogens is 382 g/mol. The van der Waals surface area contributed by atoms with Crippen LogP contribution >= 0.6 is 0 Å². The molecule has 1 fully saturated rings. The third-order valence-corrected chi connectivity index (χ3v) is 5.25. The summed E-state index contributed by atoms with van der Waals surface area (Å²) in [7, 11) is 1.70. The largest absolute Gasteiger partial charge is 0.497 e. The maximum Gasteiger partial charge on any atom is 0.341 e. The lowest BCUT2D eigenvalue weighted by atomic mass is 10.2. The summed E-state index contributed by atoms with van der Waals surface area (Å²) in [4.78, 5) is 25.7. The number of anilines is 2. The van der Waals surface area contributed by atoms with Crippen molar-refractivity contribution in [2.45, 2.75) is 20.8 Å². The second-order valence-electron chi connectivity index (χ2n) is 7.27. The van der Waals surface area contributed by atoms with Crippen LogP contribution in [0.3, 0.4) is 0 Å². The van der Waals surface area contributed by atoms with Gasteiger partial charge in [-0.25, -0.2) is 14.8 Å². The van der Waals surface area contributed by atoms with Gasteiger partial charge in [0.15, 0.2) is 0 Å². The van der Waals surface area contributed by atoms with Gasteiger partial charge in [-0.05, 0) is 32.9 Å². The molecule has 2 aromatic rings. The number of nitrogens with zero attached hydrogens (tertiary/aromatic N) is 4. The zero-order valence-corrected chi connectivity index (χ0v) is 18.3. The number of piperazine rings is 1. The van der Waals surface area contributed by atoms with Gasteiger partial charge in [-0.1, -0.05) is 6.07 Å². The Kier molecular flexibility index (Phi) is 7.46. The maximum atomic E-state index is 12.0. The molecule has 0 saturated carbocycles. The average molecular weight is 414 g/mol. The van der Waals surface area contributed by atoms with Gasteiger partial charge < -0.3 is 19.7 Å². The van der Waals surface area contributed by atoms with Gasteiger partial charge in [0.1, 0.15) is 11.3 Å². The van der Waals surface area contributed by atoms with Gasteiger partial charge in [0, 0.05) is 51.0 Å². The Morgan fingerprint density at radius 1 is 1.13 bits per heavy atom. The standard InChI is InChI=1S/C22H31N5O3/c1-5-30-21(28)20-16(2)24-22(25-17(20)3)23-9-10-26-11-13-27(14-12-26)18-7-6-8-19(15-18)29-4/h6-8,15H,5,9-14H2,1-4H3,(H,23,24,25). The van der Waals surface area contributed by atoms with Gasteiger partial charge in [-0.15, -0.1) is 0 Å². The molecule has 162 valence electrons. The summed E-state index contributed by atoms with van der Waals surface area (Å²) >= 11 is 0. The molecule has 0 aliphatic carbocycles. The number of aromatic nitrogens is 2. The maximum absolute atomic E-state index is 12.0. The smallest absolute Gasteiger partial charge is 0.341 e. The lowest BCUT2D eigenvalue weighted by molar-refractivity contribution is 0.0523. The molecule has 1 aromatic carbocycles. The summed E-state index contributed by atoms with van der Waals surface area (Å²) in [5.74, 6) is 1.07. The second kappa shape index (κ2) is 10.2. The molecule has 1 aliphatic rings. The van der Waals surface area contributed by atoms with Crippen molar-refractivity contribution in [3.05, 3.63) is 41.2 Å². The van der Waals surface area contributed by atoms with Crippen LogP contribution in [0.15, 0.2) is 24.3 Å². The van der Waals surface area contributed by atoms with Crippen LogP contribution < -0.4 is 15.0 Å². The number of ether oxygens (including phenoxy) is 2. The molecule has 1 aromatic heterocycles. The summed E-state index contributed by atoms with van der Waals surface area (Å²) in [6.45, 7) is 11.4. The molecule has 3 rings (SSSR count). The molecule has 8 heteroatoms. The van der Waals surface area contributed by atoms with Crippen molar-refractivity contribution in [1.82, 2.24) is 14.9 Å².